The Labute approximate surface area is 159 Å². The van der Waals surface area contributed by atoms with Gasteiger partial charge in [0.15, 0.2) is 0 Å². The summed E-state index contributed by atoms with van der Waals surface area (Å²) >= 11 is 6.06. The largest absolute Gasteiger partial charge is 0.320 e. The number of halogens is 3. The molecular weight excluding hydrogens is 374 g/mol. The van der Waals surface area contributed by atoms with Gasteiger partial charge in [-0.15, -0.1) is 0 Å². The van der Waals surface area contributed by atoms with Crippen LogP contribution in [0, 0.1) is 25.5 Å². The number of carbonyl (C=O) groups is 1. The van der Waals surface area contributed by atoms with Gasteiger partial charge < -0.3 is 10.6 Å². The summed E-state index contributed by atoms with van der Waals surface area (Å²) in [7, 11) is 0. The number of nitrogens with zero attached hydrogens (tertiary/aromatic N) is 2. The molecule has 1 amide bonds. The van der Waals surface area contributed by atoms with Crippen molar-refractivity contribution in [3.63, 3.8) is 0 Å². The van der Waals surface area contributed by atoms with Crippen LogP contribution < -0.4 is 10.6 Å². The summed E-state index contributed by atoms with van der Waals surface area (Å²) in [5, 5.41) is 5.72. The second kappa shape index (κ2) is 7.67. The van der Waals surface area contributed by atoms with Crippen LogP contribution in [0.5, 0.6) is 0 Å². The SMILES string of the molecule is Cc1cc(C(=O)Nc2cccc(Cl)c2C)nc(Nc2c(F)cccc2F)n1. The molecule has 0 fully saturated rings. The summed E-state index contributed by atoms with van der Waals surface area (Å²) in [5.74, 6) is -2.17. The molecule has 0 radical (unpaired) electrons. The Balaban J connectivity index is 1.89. The maximum absolute atomic E-state index is 13.8. The van der Waals surface area contributed by atoms with Crippen LogP contribution >= 0.6 is 11.6 Å². The van der Waals surface area contributed by atoms with E-state index < -0.39 is 17.5 Å². The van der Waals surface area contributed by atoms with Crippen LogP contribution in [0.1, 0.15) is 21.7 Å². The molecule has 0 saturated heterocycles. The number of anilines is 3. The molecule has 2 aromatic carbocycles. The van der Waals surface area contributed by atoms with Crippen LogP contribution in [0.25, 0.3) is 0 Å². The molecule has 27 heavy (non-hydrogen) atoms. The molecule has 0 atom stereocenters. The van der Waals surface area contributed by atoms with Crippen molar-refractivity contribution in [2.75, 3.05) is 10.6 Å². The van der Waals surface area contributed by atoms with Gasteiger partial charge in [0, 0.05) is 16.4 Å². The van der Waals surface area contributed by atoms with Crippen molar-refractivity contribution >= 4 is 34.8 Å². The third kappa shape index (κ3) is 4.20. The fourth-order valence-electron chi connectivity index (χ4n) is 2.40. The fraction of sp³-hybridized carbons (Fsp3) is 0.105. The monoisotopic (exact) mass is 388 g/mol. The van der Waals surface area contributed by atoms with E-state index in [4.69, 9.17) is 11.6 Å². The van der Waals surface area contributed by atoms with Gasteiger partial charge in [-0.25, -0.2) is 18.7 Å². The van der Waals surface area contributed by atoms with Crippen molar-refractivity contribution in [2.24, 2.45) is 0 Å². The highest BCUT2D eigenvalue weighted by molar-refractivity contribution is 6.31. The zero-order chi connectivity index (χ0) is 19.6. The standard InChI is InChI=1S/C19H15ClF2N4O/c1-10-9-16(18(27)24-15-8-3-5-12(20)11(15)2)25-19(23-10)26-17-13(21)6-4-7-14(17)22/h3-9H,1-2H3,(H,24,27)(H,23,25,26). The molecular formula is C19H15ClF2N4O. The van der Waals surface area contributed by atoms with Crippen molar-refractivity contribution in [3.05, 3.63) is 76.1 Å². The number of benzene rings is 2. The zero-order valence-corrected chi connectivity index (χ0v) is 15.2. The molecule has 0 aliphatic heterocycles. The molecule has 1 aromatic heterocycles. The van der Waals surface area contributed by atoms with Crippen LogP contribution in [0.15, 0.2) is 42.5 Å². The van der Waals surface area contributed by atoms with E-state index in [0.29, 0.717) is 22.0 Å². The number of nitrogens with one attached hydrogen (secondary N) is 2. The van der Waals surface area contributed by atoms with E-state index in [0.717, 1.165) is 12.1 Å². The number of rotatable bonds is 4. The Kier molecular flexibility index (Phi) is 5.32. The number of hydrogen-bond donors (Lipinski definition) is 2. The zero-order valence-electron chi connectivity index (χ0n) is 14.5. The first kappa shape index (κ1) is 18.7. The van der Waals surface area contributed by atoms with Crippen LogP contribution in [0.4, 0.5) is 26.1 Å². The first-order chi connectivity index (χ1) is 12.8. The minimum atomic E-state index is -0.791. The van der Waals surface area contributed by atoms with Crippen LogP contribution in [-0.2, 0) is 0 Å². The average molecular weight is 389 g/mol. The fourth-order valence-corrected chi connectivity index (χ4v) is 2.57. The van der Waals surface area contributed by atoms with Crippen molar-refractivity contribution in [1.29, 1.82) is 0 Å². The number of amides is 1. The van der Waals surface area contributed by atoms with Crippen molar-refractivity contribution < 1.29 is 13.6 Å². The van der Waals surface area contributed by atoms with Gasteiger partial charge in [-0.1, -0.05) is 23.7 Å². The number of para-hydroxylation sites is 1. The molecule has 0 aliphatic rings. The maximum atomic E-state index is 13.8. The van der Waals surface area contributed by atoms with E-state index in [9.17, 15) is 13.6 Å². The molecule has 0 saturated carbocycles. The highest BCUT2D eigenvalue weighted by Crippen LogP contribution is 2.24. The Morgan fingerprint density at radius 3 is 2.41 bits per heavy atom. The highest BCUT2D eigenvalue weighted by atomic mass is 35.5. The summed E-state index contributed by atoms with van der Waals surface area (Å²) in [6.45, 7) is 3.42. The summed E-state index contributed by atoms with van der Waals surface area (Å²) in [6, 6.07) is 10.1. The predicted molar refractivity (Wildman–Crippen MR) is 101 cm³/mol. The van der Waals surface area contributed by atoms with Gasteiger partial charge in [0.2, 0.25) is 5.95 Å². The van der Waals surface area contributed by atoms with Crippen LogP contribution in [0.2, 0.25) is 5.02 Å². The number of aromatic nitrogens is 2. The van der Waals surface area contributed by atoms with E-state index in [1.54, 1.807) is 32.0 Å². The topological polar surface area (TPSA) is 66.9 Å². The summed E-state index contributed by atoms with van der Waals surface area (Å²) < 4.78 is 27.6. The minimum Gasteiger partial charge on any atom is -0.320 e. The lowest BCUT2D eigenvalue weighted by molar-refractivity contribution is 0.102. The smallest absolute Gasteiger partial charge is 0.274 e. The third-order valence-corrected chi connectivity index (χ3v) is 4.21. The highest BCUT2D eigenvalue weighted by Gasteiger charge is 2.15. The molecule has 8 heteroatoms. The molecule has 3 rings (SSSR count). The Bertz CT molecular complexity index is 1010. The normalized spacial score (nSPS) is 10.6. The molecule has 0 spiro atoms. The Hall–Kier alpha value is -3.06. The summed E-state index contributed by atoms with van der Waals surface area (Å²) in [5.41, 5.74) is 1.36. The van der Waals surface area contributed by atoms with Crippen molar-refractivity contribution in [3.8, 4) is 0 Å². The van der Waals surface area contributed by atoms with Gasteiger partial charge in [0.25, 0.3) is 5.91 Å². The maximum Gasteiger partial charge on any atom is 0.274 e. The second-order valence-corrected chi connectivity index (χ2v) is 6.21. The molecule has 0 bridgehead atoms. The van der Waals surface area contributed by atoms with Crippen LogP contribution in [0.3, 0.4) is 0 Å². The van der Waals surface area contributed by atoms with E-state index >= 15 is 0 Å². The lowest BCUT2D eigenvalue weighted by atomic mass is 10.2. The van der Waals surface area contributed by atoms with Gasteiger partial charge >= 0.3 is 0 Å². The second-order valence-electron chi connectivity index (χ2n) is 5.81. The molecule has 0 unspecified atom stereocenters. The molecule has 2 N–H and O–H groups in total. The molecule has 138 valence electrons. The van der Waals surface area contributed by atoms with Gasteiger partial charge in [0.1, 0.15) is 23.0 Å². The molecule has 3 aromatic rings. The predicted octanol–water partition coefficient (Wildman–Crippen LogP) is 5.02. The molecule has 5 nitrogen and oxygen atoms in total. The number of carbonyl (C=O) groups excluding carboxylic acids is 1. The first-order valence-electron chi connectivity index (χ1n) is 7.98. The van der Waals surface area contributed by atoms with Gasteiger partial charge in [0.05, 0.1) is 0 Å². The number of aryl methyl sites for hydroxylation is 1. The third-order valence-electron chi connectivity index (χ3n) is 3.80. The van der Waals surface area contributed by atoms with E-state index in [1.165, 1.54) is 12.1 Å². The molecule has 0 aliphatic carbocycles. The minimum absolute atomic E-state index is 0.0427. The first-order valence-corrected chi connectivity index (χ1v) is 8.36. The molecule has 1 heterocycles. The van der Waals surface area contributed by atoms with E-state index in [2.05, 4.69) is 20.6 Å². The van der Waals surface area contributed by atoms with Gasteiger partial charge in [-0.05, 0) is 49.7 Å². The van der Waals surface area contributed by atoms with Crippen molar-refractivity contribution in [2.45, 2.75) is 13.8 Å². The summed E-state index contributed by atoms with van der Waals surface area (Å²) in [4.78, 5) is 20.7. The van der Waals surface area contributed by atoms with Gasteiger partial charge in [-0.2, -0.15) is 0 Å². The Morgan fingerprint density at radius 1 is 1.04 bits per heavy atom. The number of hydrogen-bond acceptors (Lipinski definition) is 4. The van der Waals surface area contributed by atoms with Crippen molar-refractivity contribution in [1.82, 2.24) is 9.97 Å². The average Bonchev–Trinajstić information content (AvgIpc) is 2.62. The van der Waals surface area contributed by atoms with Gasteiger partial charge in [-0.3, -0.25) is 4.79 Å². The lowest BCUT2D eigenvalue weighted by Crippen LogP contribution is -2.16. The van der Waals surface area contributed by atoms with E-state index in [1.807, 2.05) is 0 Å². The summed E-state index contributed by atoms with van der Waals surface area (Å²) in [6.07, 6.45) is 0. The van der Waals surface area contributed by atoms with E-state index in [-0.39, 0.29) is 17.3 Å². The lowest BCUT2D eigenvalue weighted by Gasteiger charge is -2.11. The van der Waals surface area contributed by atoms with Crippen LogP contribution in [-0.4, -0.2) is 15.9 Å². The Morgan fingerprint density at radius 2 is 1.70 bits per heavy atom. The quantitative estimate of drug-likeness (QED) is 0.658.